The fourth-order valence-corrected chi connectivity index (χ4v) is 2.28. The monoisotopic (exact) mass is 154 g/mol. The van der Waals surface area contributed by atoms with E-state index in [9.17, 15) is 4.79 Å². The Balaban J connectivity index is 2.05. The Morgan fingerprint density at radius 2 is 2.00 bits per heavy atom. The van der Waals surface area contributed by atoms with E-state index in [2.05, 4.69) is 0 Å². The van der Waals surface area contributed by atoms with Gasteiger partial charge in [0, 0.05) is 0 Å². The second-order valence-corrected chi connectivity index (χ2v) is 3.61. The van der Waals surface area contributed by atoms with Crippen molar-refractivity contribution in [3.05, 3.63) is 0 Å². The van der Waals surface area contributed by atoms with Crippen molar-refractivity contribution in [2.24, 2.45) is 11.8 Å². The van der Waals surface area contributed by atoms with E-state index >= 15 is 0 Å². The van der Waals surface area contributed by atoms with Crippen molar-refractivity contribution in [3.8, 4) is 0 Å². The maximum absolute atomic E-state index is 11.2. The molecule has 1 saturated heterocycles. The van der Waals surface area contributed by atoms with Crippen LogP contribution >= 0.6 is 0 Å². The molecule has 1 heterocycles. The van der Waals surface area contributed by atoms with Crippen LogP contribution in [0.5, 0.6) is 0 Å². The molecule has 2 atom stereocenters. The molecule has 1 aliphatic heterocycles. The second kappa shape index (κ2) is 2.84. The highest BCUT2D eigenvalue weighted by Gasteiger charge is 2.34. The maximum Gasteiger partial charge on any atom is 0.309 e. The van der Waals surface area contributed by atoms with Gasteiger partial charge in [-0.05, 0) is 25.2 Å². The summed E-state index contributed by atoms with van der Waals surface area (Å²) in [6.07, 6.45) is 5.96. The summed E-state index contributed by atoms with van der Waals surface area (Å²) in [7, 11) is 0. The Labute approximate surface area is 66.9 Å². The van der Waals surface area contributed by atoms with E-state index in [1.807, 2.05) is 0 Å². The van der Waals surface area contributed by atoms with E-state index in [4.69, 9.17) is 4.74 Å². The van der Waals surface area contributed by atoms with E-state index in [1.165, 1.54) is 19.3 Å². The highest BCUT2D eigenvalue weighted by atomic mass is 16.5. The first kappa shape index (κ1) is 7.14. The summed E-state index contributed by atoms with van der Waals surface area (Å²) in [5.41, 5.74) is 0. The molecule has 0 bridgehead atoms. The van der Waals surface area contributed by atoms with E-state index in [0.717, 1.165) is 12.8 Å². The lowest BCUT2D eigenvalue weighted by atomic mass is 9.76. The van der Waals surface area contributed by atoms with Crippen molar-refractivity contribution in [3.63, 3.8) is 0 Å². The Morgan fingerprint density at radius 3 is 2.82 bits per heavy atom. The van der Waals surface area contributed by atoms with Gasteiger partial charge in [-0.25, -0.2) is 0 Å². The molecular formula is C9H14O2. The van der Waals surface area contributed by atoms with E-state index in [1.54, 1.807) is 0 Å². The largest absolute Gasteiger partial charge is 0.465 e. The van der Waals surface area contributed by atoms with Crippen LogP contribution in [0.25, 0.3) is 0 Å². The Hall–Kier alpha value is -0.530. The molecule has 62 valence electrons. The first-order chi connectivity index (χ1) is 5.38. The van der Waals surface area contributed by atoms with Crippen LogP contribution in [0.15, 0.2) is 0 Å². The van der Waals surface area contributed by atoms with Gasteiger partial charge in [0.15, 0.2) is 0 Å². The van der Waals surface area contributed by atoms with Gasteiger partial charge in [-0.3, -0.25) is 4.79 Å². The van der Waals surface area contributed by atoms with Gasteiger partial charge in [0.25, 0.3) is 0 Å². The maximum atomic E-state index is 11.2. The number of carbonyl (C=O) groups is 1. The number of ether oxygens (including phenoxy) is 1. The molecule has 1 aliphatic carbocycles. The molecule has 2 heteroatoms. The minimum atomic E-state index is 0.0703. The summed E-state index contributed by atoms with van der Waals surface area (Å²) >= 11 is 0. The van der Waals surface area contributed by atoms with Crippen LogP contribution < -0.4 is 0 Å². The van der Waals surface area contributed by atoms with Crippen LogP contribution in [0.4, 0.5) is 0 Å². The lowest BCUT2D eigenvalue weighted by Crippen LogP contribution is -2.34. The standard InChI is InChI=1S/C9H14O2/c10-9-8-4-2-1-3-7(8)5-6-11-9/h7-8H,1-6H2/t7-,8-/m1/s1. The third kappa shape index (κ3) is 1.26. The quantitative estimate of drug-likeness (QED) is 0.497. The zero-order chi connectivity index (χ0) is 7.68. The SMILES string of the molecule is O=C1OCC[C@H]2CCCC[C@@H]12. The summed E-state index contributed by atoms with van der Waals surface area (Å²) < 4.78 is 5.01. The first-order valence-electron chi connectivity index (χ1n) is 4.54. The number of fused-ring (bicyclic) bond motifs is 1. The van der Waals surface area contributed by atoms with Gasteiger partial charge < -0.3 is 4.74 Å². The molecule has 0 radical (unpaired) electrons. The number of esters is 1. The Morgan fingerprint density at radius 1 is 1.18 bits per heavy atom. The number of hydrogen-bond acceptors (Lipinski definition) is 2. The van der Waals surface area contributed by atoms with Gasteiger partial charge in [0.1, 0.15) is 0 Å². The molecule has 0 spiro atoms. The van der Waals surface area contributed by atoms with Crippen LogP contribution in [0.2, 0.25) is 0 Å². The predicted octanol–water partition coefficient (Wildman–Crippen LogP) is 1.74. The van der Waals surface area contributed by atoms with Gasteiger partial charge >= 0.3 is 5.97 Å². The Kier molecular flexibility index (Phi) is 1.84. The first-order valence-corrected chi connectivity index (χ1v) is 4.54. The zero-order valence-corrected chi connectivity index (χ0v) is 6.71. The lowest BCUT2D eigenvalue weighted by molar-refractivity contribution is -0.158. The highest BCUT2D eigenvalue weighted by Crippen LogP contribution is 2.35. The number of cyclic esters (lactones) is 1. The molecule has 2 nitrogen and oxygen atoms in total. The summed E-state index contributed by atoms with van der Waals surface area (Å²) in [4.78, 5) is 11.2. The smallest absolute Gasteiger partial charge is 0.309 e. The molecule has 2 fully saturated rings. The van der Waals surface area contributed by atoms with Crippen LogP contribution in [0.3, 0.4) is 0 Å². The van der Waals surface area contributed by atoms with Crippen molar-refractivity contribution in [2.45, 2.75) is 32.1 Å². The summed E-state index contributed by atoms with van der Waals surface area (Å²) in [5, 5.41) is 0. The molecule has 0 aromatic heterocycles. The Bertz CT molecular complexity index is 163. The zero-order valence-electron chi connectivity index (χ0n) is 6.71. The number of carbonyl (C=O) groups excluding carboxylic acids is 1. The minimum Gasteiger partial charge on any atom is -0.465 e. The van der Waals surface area contributed by atoms with Crippen LogP contribution in [-0.2, 0) is 9.53 Å². The van der Waals surface area contributed by atoms with Gasteiger partial charge in [0.2, 0.25) is 0 Å². The minimum absolute atomic E-state index is 0.0703. The molecular weight excluding hydrogens is 140 g/mol. The van der Waals surface area contributed by atoms with Gasteiger partial charge in [0.05, 0.1) is 12.5 Å². The van der Waals surface area contributed by atoms with Gasteiger partial charge in [-0.15, -0.1) is 0 Å². The average Bonchev–Trinajstić information content (AvgIpc) is 2.06. The molecule has 0 aromatic carbocycles. The number of hydrogen-bond donors (Lipinski definition) is 0. The van der Waals surface area contributed by atoms with E-state index < -0.39 is 0 Å². The topological polar surface area (TPSA) is 26.3 Å². The van der Waals surface area contributed by atoms with E-state index in [-0.39, 0.29) is 11.9 Å². The van der Waals surface area contributed by atoms with Crippen LogP contribution in [0, 0.1) is 11.8 Å². The van der Waals surface area contributed by atoms with Crippen molar-refractivity contribution >= 4 is 5.97 Å². The number of rotatable bonds is 0. The third-order valence-electron chi connectivity index (χ3n) is 2.94. The van der Waals surface area contributed by atoms with Crippen molar-refractivity contribution in [1.29, 1.82) is 0 Å². The fourth-order valence-electron chi connectivity index (χ4n) is 2.28. The molecule has 11 heavy (non-hydrogen) atoms. The average molecular weight is 154 g/mol. The molecule has 2 rings (SSSR count). The molecule has 0 unspecified atom stereocenters. The normalized spacial score (nSPS) is 37.6. The predicted molar refractivity (Wildman–Crippen MR) is 41.0 cm³/mol. The second-order valence-electron chi connectivity index (χ2n) is 3.61. The van der Waals surface area contributed by atoms with Crippen molar-refractivity contribution in [1.82, 2.24) is 0 Å². The molecule has 0 N–H and O–H groups in total. The van der Waals surface area contributed by atoms with Crippen molar-refractivity contribution < 1.29 is 9.53 Å². The van der Waals surface area contributed by atoms with Crippen LogP contribution in [0.1, 0.15) is 32.1 Å². The molecule has 0 aromatic rings. The van der Waals surface area contributed by atoms with Gasteiger partial charge in [-0.2, -0.15) is 0 Å². The molecule has 0 amide bonds. The third-order valence-corrected chi connectivity index (χ3v) is 2.94. The van der Waals surface area contributed by atoms with E-state index in [0.29, 0.717) is 12.5 Å². The van der Waals surface area contributed by atoms with Gasteiger partial charge in [-0.1, -0.05) is 12.8 Å². The highest BCUT2D eigenvalue weighted by molar-refractivity contribution is 5.73. The van der Waals surface area contributed by atoms with Crippen molar-refractivity contribution in [2.75, 3.05) is 6.61 Å². The summed E-state index contributed by atoms with van der Waals surface area (Å²) in [6.45, 7) is 0.667. The summed E-state index contributed by atoms with van der Waals surface area (Å²) in [6, 6.07) is 0. The molecule has 2 aliphatic rings. The van der Waals surface area contributed by atoms with Crippen LogP contribution in [-0.4, -0.2) is 12.6 Å². The molecule has 1 saturated carbocycles. The lowest BCUT2D eigenvalue weighted by Gasteiger charge is -2.33. The fraction of sp³-hybridized carbons (Fsp3) is 0.889. The summed E-state index contributed by atoms with van der Waals surface area (Å²) in [5.74, 6) is 0.989.